The molecule has 5 nitrogen and oxygen atoms in total. The third-order valence-corrected chi connectivity index (χ3v) is 2.63. The summed E-state index contributed by atoms with van der Waals surface area (Å²) < 4.78 is 10.2. The Kier molecular flexibility index (Phi) is 3.73. The van der Waals surface area contributed by atoms with Crippen LogP contribution in [0.15, 0.2) is 30.3 Å². The van der Waals surface area contributed by atoms with Gasteiger partial charge in [-0.25, -0.2) is 4.79 Å². The van der Waals surface area contributed by atoms with Gasteiger partial charge in [0.2, 0.25) is 0 Å². The van der Waals surface area contributed by atoms with Crippen molar-refractivity contribution in [1.82, 2.24) is 0 Å². The standard InChI is InChI=1S/C12H14O5/c13-7-10-9(6-11(14)16-10)17-12(15)8-4-2-1-3-5-8/h1-5,9-11,13-14H,6-7H2/t9-,10-,11?/m1/s1. The van der Waals surface area contributed by atoms with E-state index in [0.29, 0.717) is 5.56 Å². The molecular weight excluding hydrogens is 224 g/mol. The lowest BCUT2D eigenvalue weighted by molar-refractivity contribution is -0.108. The molecular formula is C12H14O5. The highest BCUT2D eigenvalue weighted by molar-refractivity contribution is 5.89. The molecule has 3 atom stereocenters. The van der Waals surface area contributed by atoms with Gasteiger partial charge in [0.25, 0.3) is 0 Å². The van der Waals surface area contributed by atoms with Crippen molar-refractivity contribution in [2.24, 2.45) is 0 Å². The van der Waals surface area contributed by atoms with E-state index in [9.17, 15) is 9.90 Å². The average Bonchev–Trinajstić information content (AvgIpc) is 2.70. The van der Waals surface area contributed by atoms with Crippen molar-refractivity contribution >= 4 is 5.97 Å². The summed E-state index contributed by atoms with van der Waals surface area (Å²) in [7, 11) is 0. The zero-order valence-corrected chi connectivity index (χ0v) is 9.15. The summed E-state index contributed by atoms with van der Waals surface area (Å²) in [5, 5.41) is 18.3. The summed E-state index contributed by atoms with van der Waals surface area (Å²) in [5.74, 6) is -0.480. The number of hydrogen-bond acceptors (Lipinski definition) is 5. The summed E-state index contributed by atoms with van der Waals surface area (Å²) in [4.78, 5) is 11.7. The summed E-state index contributed by atoms with van der Waals surface area (Å²) in [6, 6.07) is 8.56. The number of carbonyl (C=O) groups excluding carboxylic acids is 1. The number of hydrogen-bond donors (Lipinski definition) is 2. The minimum absolute atomic E-state index is 0.184. The maximum absolute atomic E-state index is 11.7. The van der Waals surface area contributed by atoms with E-state index in [2.05, 4.69) is 0 Å². The fraction of sp³-hybridized carbons (Fsp3) is 0.417. The molecule has 1 unspecified atom stereocenters. The fourth-order valence-electron chi connectivity index (χ4n) is 1.76. The number of benzene rings is 1. The van der Waals surface area contributed by atoms with Crippen LogP contribution < -0.4 is 0 Å². The maximum atomic E-state index is 11.7. The third-order valence-electron chi connectivity index (χ3n) is 2.63. The van der Waals surface area contributed by atoms with E-state index in [0.717, 1.165) is 0 Å². The fourth-order valence-corrected chi connectivity index (χ4v) is 1.76. The molecule has 0 radical (unpaired) electrons. The molecule has 0 bridgehead atoms. The topological polar surface area (TPSA) is 76.0 Å². The van der Waals surface area contributed by atoms with E-state index in [1.54, 1.807) is 30.3 Å². The zero-order chi connectivity index (χ0) is 12.3. The van der Waals surface area contributed by atoms with E-state index in [1.807, 2.05) is 0 Å². The zero-order valence-electron chi connectivity index (χ0n) is 9.15. The first-order chi connectivity index (χ1) is 8.20. The number of carbonyl (C=O) groups is 1. The second-order valence-electron chi connectivity index (χ2n) is 3.86. The molecule has 92 valence electrons. The number of ether oxygens (including phenoxy) is 2. The van der Waals surface area contributed by atoms with Crippen molar-refractivity contribution in [2.45, 2.75) is 24.9 Å². The highest BCUT2D eigenvalue weighted by Crippen LogP contribution is 2.22. The Balaban J connectivity index is 1.99. The van der Waals surface area contributed by atoms with Crippen LogP contribution in [-0.4, -0.2) is 41.3 Å². The van der Waals surface area contributed by atoms with Gasteiger partial charge in [0.15, 0.2) is 6.29 Å². The summed E-state index contributed by atoms with van der Waals surface area (Å²) in [5.41, 5.74) is 0.436. The number of rotatable bonds is 3. The van der Waals surface area contributed by atoms with Crippen molar-refractivity contribution in [3.05, 3.63) is 35.9 Å². The largest absolute Gasteiger partial charge is 0.456 e. The van der Waals surface area contributed by atoms with E-state index < -0.39 is 24.5 Å². The SMILES string of the molecule is O=C(O[C@@H]1CC(O)O[C@@H]1CO)c1ccccc1. The Morgan fingerprint density at radius 3 is 2.76 bits per heavy atom. The van der Waals surface area contributed by atoms with Crippen LogP contribution in [0.1, 0.15) is 16.8 Å². The van der Waals surface area contributed by atoms with E-state index in [-0.39, 0.29) is 13.0 Å². The molecule has 2 N–H and O–H groups in total. The van der Waals surface area contributed by atoms with E-state index in [4.69, 9.17) is 14.6 Å². The second kappa shape index (κ2) is 5.27. The first-order valence-corrected chi connectivity index (χ1v) is 5.41. The van der Waals surface area contributed by atoms with Gasteiger partial charge in [-0.15, -0.1) is 0 Å². The molecule has 1 aliphatic heterocycles. The summed E-state index contributed by atoms with van der Waals surface area (Å²) >= 11 is 0. The molecule has 0 spiro atoms. The average molecular weight is 238 g/mol. The van der Waals surface area contributed by atoms with E-state index >= 15 is 0 Å². The molecule has 0 aromatic heterocycles. The Morgan fingerprint density at radius 1 is 1.41 bits per heavy atom. The van der Waals surface area contributed by atoms with Gasteiger partial charge in [0, 0.05) is 6.42 Å². The molecule has 5 heteroatoms. The van der Waals surface area contributed by atoms with Gasteiger partial charge in [-0.3, -0.25) is 0 Å². The van der Waals surface area contributed by atoms with Crippen molar-refractivity contribution in [1.29, 1.82) is 0 Å². The monoisotopic (exact) mass is 238 g/mol. The van der Waals surface area contributed by atoms with Crippen LogP contribution in [0.3, 0.4) is 0 Å². The molecule has 0 aliphatic carbocycles. The van der Waals surface area contributed by atoms with Crippen LogP contribution in [0.25, 0.3) is 0 Å². The predicted molar refractivity (Wildman–Crippen MR) is 58.2 cm³/mol. The van der Waals surface area contributed by atoms with E-state index in [1.165, 1.54) is 0 Å². The van der Waals surface area contributed by atoms with Gasteiger partial charge < -0.3 is 19.7 Å². The van der Waals surface area contributed by atoms with Gasteiger partial charge >= 0.3 is 5.97 Å². The van der Waals surface area contributed by atoms with Gasteiger partial charge in [-0.05, 0) is 12.1 Å². The molecule has 1 aromatic carbocycles. The lowest BCUT2D eigenvalue weighted by Crippen LogP contribution is -2.30. The Bertz CT molecular complexity index is 378. The van der Waals surface area contributed by atoms with Crippen LogP contribution >= 0.6 is 0 Å². The van der Waals surface area contributed by atoms with Crippen LogP contribution in [0, 0.1) is 0 Å². The molecule has 0 amide bonds. The molecule has 1 aliphatic rings. The Labute approximate surface area is 98.6 Å². The Morgan fingerprint density at radius 2 is 2.12 bits per heavy atom. The minimum atomic E-state index is -0.985. The number of aliphatic hydroxyl groups excluding tert-OH is 2. The van der Waals surface area contributed by atoms with Crippen molar-refractivity contribution in [2.75, 3.05) is 6.61 Å². The molecule has 1 fully saturated rings. The van der Waals surface area contributed by atoms with Crippen LogP contribution in [0.2, 0.25) is 0 Å². The normalized spacial score (nSPS) is 28.0. The lowest BCUT2D eigenvalue weighted by atomic mass is 10.2. The van der Waals surface area contributed by atoms with Gasteiger partial charge in [0.1, 0.15) is 12.2 Å². The molecule has 1 aromatic rings. The Hall–Kier alpha value is -1.43. The summed E-state index contributed by atoms with van der Waals surface area (Å²) in [6.07, 6.45) is -2.06. The number of esters is 1. The van der Waals surface area contributed by atoms with Gasteiger partial charge in [-0.2, -0.15) is 0 Å². The van der Waals surface area contributed by atoms with Crippen LogP contribution in [0.5, 0.6) is 0 Å². The van der Waals surface area contributed by atoms with Crippen LogP contribution in [-0.2, 0) is 9.47 Å². The van der Waals surface area contributed by atoms with Crippen molar-refractivity contribution in [3.8, 4) is 0 Å². The molecule has 0 saturated carbocycles. The highest BCUT2D eigenvalue weighted by Gasteiger charge is 2.36. The third kappa shape index (κ3) is 2.82. The molecule has 1 heterocycles. The predicted octanol–water partition coefficient (Wildman–Crippen LogP) is 0.312. The smallest absolute Gasteiger partial charge is 0.338 e. The minimum Gasteiger partial charge on any atom is -0.456 e. The quantitative estimate of drug-likeness (QED) is 0.741. The van der Waals surface area contributed by atoms with Gasteiger partial charge in [-0.1, -0.05) is 18.2 Å². The van der Waals surface area contributed by atoms with Crippen molar-refractivity contribution < 1.29 is 24.5 Å². The first-order valence-electron chi connectivity index (χ1n) is 5.41. The molecule has 17 heavy (non-hydrogen) atoms. The second-order valence-corrected chi connectivity index (χ2v) is 3.86. The highest BCUT2D eigenvalue weighted by atomic mass is 16.6. The van der Waals surface area contributed by atoms with Gasteiger partial charge in [0.05, 0.1) is 12.2 Å². The maximum Gasteiger partial charge on any atom is 0.338 e. The number of aliphatic hydroxyl groups is 2. The first kappa shape index (κ1) is 12.0. The lowest BCUT2D eigenvalue weighted by Gasteiger charge is -2.16. The van der Waals surface area contributed by atoms with Crippen LogP contribution in [0.4, 0.5) is 0 Å². The molecule has 1 saturated heterocycles. The van der Waals surface area contributed by atoms with Crippen molar-refractivity contribution in [3.63, 3.8) is 0 Å². The molecule has 2 rings (SSSR count). The summed E-state index contributed by atoms with van der Waals surface area (Å²) in [6.45, 7) is -0.288.